The van der Waals surface area contributed by atoms with Crippen molar-refractivity contribution in [2.45, 2.75) is 26.8 Å². The number of fused-ring (bicyclic) bond motifs is 1. The van der Waals surface area contributed by atoms with Gasteiger partial charge in [0.25, 0.3) is 5.56 Å². The van der Waals surface area contributed by atoms with E-state index >= 15 is 0 Å². The zero-order chi connectivity index (χ0) is 14.8. The number of rotatable bonds is 4. The Morgan fingerprint density at radius 3 is 2.86 bits per heavy atom. The van der Waals surface area contributed by atoms with Crippen molar-refractivity contribution in [3.63, 3.8) is 0 Å². The van der Waals surface area contributed by atoms with Crippen LogP contribution in [0.3, 0.4) is 0 Å². The first-order valence-corrected chi connectivity index (χ1v) is 8.25. The Balaban J connectivity index is 1.85. The first kappa shape index (κ1) is 14.6. The monoisotopic (exact) mass is 307 g/mol. The third kappa shape index (κ3) is 3.48. The summed E-state index contributed by atoms with van der Waals surface area (Å²) in [5.74, 6) is 0.529. The second-order valence-electron chi connectivity index (χ2n) is 5.90. The third-order valence-corrected chi connectivity index (χ3v) is 4.45. The third-order valence-electron chi connectivity index (χ3n) is 3.52. The SMILES string of the molecule is CC(C)Cc1nn2c(=O)cc(CN3CCNCC3)nc2s1. The Hall–Kier alpha value is -1.31. The summed E-state index contributed by atoms with van der Waals surface area (Å²) >= 11 is 1.53. The van der Waals surface area contributed by atoms with E-state index in [4.69, 9.17) is 0 Å². The van der Waals surface area contributed by atoms with Gasteiger partial charge < -0.3 is 5.32 Å². The number of hydrogen-bond donors (Lipinski definition) is 1. The molecule has 1 fully saturated rings. The van der Waals surface area contributed by atoms with Crippen molar-refractivity contribution >= 4 is 16.3 Å². The minimum Gasteiger partial charge on any atom is -0.314 e. The maximum absolute atomic E-state index is 12.2. The smallest absolute Gasteiger partial charge is 0.275 e. The lowest BCUT2D eigenvalue weighted by atomic mass is 10.1. The van der Waals surface area contributed by atoms with E-state index < -0.39 is 0 Å². The van der Waals surface area contributed by atoms with E-state index in [-0.39, 0.29) is 5.56 Å². The van der Waals surface area contributed by atoms with E-state index in [1.807, 2.05) is 0 Å². The first-order chi connectivity index (χ1) is 10.1. The second kappa shape index (κ2) is 6.21. The highest BCUT2D eigenvalue weighted by atomic mass is 32.1. The van der Waals surface area contributed by atoms with Crippen LogP contribution in [0.1, 0.15) is 24.5 Å². The summed E-state index contributed by atoms with van der Waals surface area (Å²) in [6, 6.07) is 1.62. The number of nitrogens with one attached hydrogen (secondary N) is 1. The summed E-state index contributed by atoms with van der Waals surface area (Å²) in [6.07, 6.45) is 0.889. The molecule has 0 aliphatic carbocycles. The lowest BCUT2D eigenvalue weighted by Crippen LogP contribution is -2.43. The average Bonchev–Trinajstić information content (AvgIpc) is 2.82. The van der Waals surface area contributed by atoms with Crippen LogP contribution in [0.5, 0.6) is 0 Å². The summed E-state index contributed by atoms with van der Waals surface area (Å²) in [6.45, 7) is 9.05. The van der Waals surface area contributed by atoms with E-state index in [0.717, 1.165) is 49.8 Å². The average molecular weight is 307 g/mol. The highest BCUT2D eigenvalue weighted by molar-refractivity contribution is 7.16. The van der Waals surface area contributed by atoms with Gasteiger partial charge >= 0.3 is 0 Å². The standard InChI is InChI=1S/C14H21N5OS/c1-10(2)7-12-17-19-13(20)8-11(16-14(19)21-12)9-18-5-3-15-4-6-18/h8,10,15H,3-7,9H2,1-2H3. The molecule has 21 heavy (non-hydrogen) atoms. The highest BCUT2D eigenvalue weighted by Gasteiger charge is 2.14. The molecular formula is C14H21N5OS. The number of hydrogen-bond acceptors (Lipinski definition) is 6. The largest absolute Gasteiger partial charge is 0.314 e. The quantitative estimate of drug-likeness (QED) is 0.903. The lowest BCUT2D eigenvalue weighted by Gasteiger charge is -2.26. The molecule has 0 atom stereocenters. The van der Waals surface area contributed by atoms with Crippen LogP contribution in [-0.2, 0) is 13.0 Å². The van der Waals surface area contributed by atoms with Crippen molar-refractivity contribution in [1.29, 1.82) is 0 Å². The van der Waals surface area contributed by atoms with Gasteiger partial charge in [-0.2, -0.15) is 9.61 Å². The van der Waals surface area contributed by atoms with Crippen LogP contribution in [0.4, 0.5) is 0 Å². The molecule has 0 unspecified atom stereocenters. The Bertz CT molecular complexity index is 672. The topological polar surface area (TPSA) is 62.5 Å². The van der Waals surface area contributed by atoms with E-state index in [1.54, 1.807) is 6.07 Å². The fraction of sp³-hybridized carbons (Fsp3) is 0.643. The molecule has 0 aromatic carbocycles. The molecule has 1 N–H and O–H groups in total. The van der Waals surface area contributed by atoms with Gasteiger partial charge in [0.15, 0.2) is 0 Å². The van der Waals surface area contributed by atoms with Gasteiger partial charge in [-0.25, -0.2) is 4.98 Å². The normalized spacial score (nSPS) is 16.9. The van der Waals surface area contributed by atoms with Gasteiger partial charge in [0.05, 0.1) is 5.69 Å². The Labute approximate surface area is 127 Å². The van der Waals surface area contributed by atoms with E-state index in [1.165, 1.54) is 15.9 Å². The van der Waals surface area contributed by atoms with Crippen LogP contribution in [0, 0.1) is 5.92 Å². The molecule has 0 spiro atoms. The van der Waals surface area contributed by atoms with Gasteiger partial charge in [0.2, 0.25) is 4.96 Å². The van der Waals surface area contributed by atoms with Crippen LogP contribution in [0.2, 0.25) is 0 Å². The van der Waals surface area contributed by atoms with Crippen molar-refractivity contribution in [3.05, 3.63) is 27.1 Å². The van der Waals surface area contributed by atoms with Gasteiger partial charge in [-0.05, 0) is 5.92 Å². The minimum atomic E-state index is -0.0728. The van der Waals surface area contributed by atoms with Crippen molar-refractivity contribution in [3.8, 4) is 0 Å². The molecule has 0 radical (unpaired) electrons. The molecule has 1 saturated heterocycles. The van der Waals surface area contributed by atoms with Crippen molar-refractivity contribution in [2.24, 2.45) is 5.92 Å². The van der Waals surface area contributed by atoms with Gasteiger partial charge in [0, 0.05) is 45.2 Å². The lowest BCUT2D eigenvalue weighted by molar-refractivity contribution is 0.231. The molecule has 1 aliphatic rings. The summed E-state index contributed by atoms with van der Waals surface area (Å²) < 4.78 is 1.43. The molecule has 6 nitrogen and oxygen atoms in total. The van der Waals surface area contributed by atoms with Gasteiger partial charge in [-0.15, -0.1) is 0 Å². The first-order valence-electron chi connectivity index (χ1n) is 7.43. The van der Waals surface area contributed by atoms with Crippen LogP contribution >= 0.6 is 11.3 Å². The predicted molar refractivity (Wildman–Crippen MR) is 83.8 cm³/mol. The van der Waals surface area contributed by atoms with E-state index in [2.05, 4.69) is 34.1 Å². The van der Waals surface area contributed by atoms with Gasteiger partial charge in [-0.1, -0.05) is 25.2 Å². The summed E-state index contributed by atoms with van der Waals surface area (Å²) in [5, 5.41) is 8.68. The maximum atomic E-state index is 12.2. The molecule has 2 aromatic heterocycles. The molecule has 0 amide bonds. The number of piperazine rings is 1. The zero-order valence-electron chi connectivity index (χ0n) is 12.5. The Morgan fingerprint density at radius 1 is 1.38 bits per heavy atom. The van der Waals surface area contributed by atoms with Crippen molar-refractivity contribution in [2.75, 3.05) is 26.2 Å². The molecular weight excluding hydrogens is 286 g/mol. The van der Waals surface area contributed by atoms with Crippen LogP contribution in [0.25, 0.3) is 4.96 Å². The minimum absolute atomic E-state index is 0.0728. The highest BCUT2D eigenvalue weighted by Crippen LogP contribution is 2.15. The molecule has 3 rings (SSSR count). The van der Waals surface area contributed by atoms with Crippen molar-refractivity contribution < 1.29 is 0 Å². The molecule has 114 valence electrons. The Morgan fingerprint density at radius 2 is 2.14 bits per heavy atom. The summed E-state index contributed by atoms with van der Waals surface area (Å²) in [7, 11) is 0. The second-order valence-corrected chi connectivity index (χ2v) is 6.94. The van der Waals surface area contributed by atoms with E-state index in [0.29, 0.717) is 10.9 Å². The molecule has 2 aromatic rings. The fourth-order valence-corrected chi connectivity index (χ4v) is 3.64. The van der Waals surface area contributed by atoms with E-state index in [9.17, 15) is 4.79 Å². The molecule has 7 heteroatoms. The fourth-order valence-electron chi connectivity index (χ4n) is 2.51. The molecule has 3 heterocycles. The van der Waals surface area contributed by atoms with Crippen LogP contribution in [0.15, 0.2) is 10.9 Å². The van der Waals surface area contributed by atoms with Gasteiger partial charge in [0.1, 0.15) is 5.01 Å². The predicted octanol–water partition coefficient (Wildman–Crippen LogP) is 0.755. The molecule has 0 saturated carbocycles. The molecule has 1 aliphatic heterocycles. The molecule has 0 bridgehead atoms. The van der Waals surface area contributed by atoms with Crippen LogP contribution < -0.4 is 10.9 Å². The summed E-state index contributed by atoms with van der Waals surface area (Å²) in [4.78, 5) is 19.8. The maximum Gasteiger partial charge on any atom is 0.275 e. The Kier molecular flexibility index (Phi) is 4.32. The number of aromatic nitrogens is 3. The zero-order valence-corrected chi connectivity index (χ0v) is 13.3. The van der Waals surface area contributed by atoms with Crippen LogP contribution in [-0.4, -0.2) is 45.7 Å². The number of nitrogens with zero attached hydrogens (tertiary/aromatic N) is 4. The summed E-state index contributed by atoms with van der Waals surface area (Å²) in [5.41, 5.74) is 0.776. The van der Waals surface area contributed by atoms with Gasteiger partial charge in [-0.3, -0.25) is 9.69 Å². The van der Waals surface area contributed by atoms with Crippen molar-refractivity contribution in [1.82, 2.24) is 24.8 Å².